The normalized spacial score (nSPS) is 16.2. The molecule has 0 spiro atoms. The summed E-state index contributed by atoms with van der Waals surface area (Å²) in [6.07, 6.45) is 1.05. The molecule has 25 heavy (non-hydrogen) atoms. The fraction of sp³-hybridized carbons (Fsp3) is 0.316. The third kappa shape index (κ3) is 3.69. The van der Waals surface area contributed by atoms with Gasteiger partial charge in [-0.05, 0) is 42.8 Å². The number of likely N-dealkylation sites (tertiary alicyclic amines) is 1. The van der Waals surface area contributed by atoms with Crippen LogP contribution in [-0.4, -0.2) is 32.3 Å². The van der Waals surface area contributed by atoms with Crippen LogP contribution in [-0.2, 0) is 10.0 Å². The minimum atomic E-state index is -3.62. The van der Waals surface area contributed by atoms with E-state index < -0.39 is 10.0 Å². The van der Waals surface area contributed by atoms with E-state index in [2.05, 4.69) is 18.6 Å². The average molecular weight is 358 g/mol. The molecular weight excluding hydrogens is 336 g/mol. The number of carbonyl (C=O) groups is 1. The van der Waals surface area contributed by atoms with Gasteiger partial charge in [0.2, 0.25) is 0 Å². The molecule has 2 aromatic carbocycles. The summed E-state index contributed by atoms with van der Waals surface area (Å²) >= 11 is 0. The van der Waals surface area contributed by atoms with Gasteiger partial charge in [-0.2, -0.15) is 0 Å². The number of sulfonamides is 1. The summed E-state index contributed by atoms with van der Waals surface area (Å²) in [5.74, 6) is -0.0107. The lowest BCUT2D eigenvalue weighted by Gasteiger charge is -2.47. The smallest absolute Gasteiger partial charge is 0.261 e. The molecule has 3 rings (SSSR count). The average Bonchev–Trinajstić information content (AvgIpc) is 2.59. The molecule has 1 saturated heterocycles. The van der Waals surface area contributed by atoms with E-state index >= 15 is 0 Å². The highest BCUT2D eigenvalue weighted by atomic mass is 32.2. The van der Waals surface area contributed by atoms with E-state index in [4.69, 9.17) is 0 Å². The van der Waals surface area contributed by atoms with Crippen LogP contribution in [0.2, 0.25) is 0 Å². The van der Waals surface area contributed by atoms with Crippen LogP contribution in [0, 0.1) is 5.41 Å². The maximum Gasteiger partial charge on any atom is 0.261 e. The van der Waals surface area contributed by atoms with Gasteiger partial charge in [-0.3, -0.25) is 9.52 Å². The Bertz CT molecular complexity index is 855. The number of nitrogens with zero attached hydrogens (tertiary/aromatic N) is 1. The van der Waals surface area contributed by atoms with E-state index in [1.165, 1.54) is 12.1 Å². The molecule has 1 amide bonds. The fourth-order valence-electron chi connectivity index (χ4n) is 2.92. The van der Waals surface area contributed by atoms with Crippen LogP contribution in [0.4, 0.5) is 5.69 Å². The van der Waals surface area contributed by atoms with Crippen molar-refractivity contribution in [3.05, 3.63) is 60.2 Å². The van der Waals surface area contributed by atoms with Crippen LogP contribution in [0.1, 0.15) is 30.6 Å². The van der Waals surface area contributed by atoms with Crippen molar-refractivity contribution < 1.29 is 13.2 Å². The molecule has 1 fully saturated rings. The summed E-state index contributed by atoms with van der Waals surface area (Å²) in [5.41, 5.74) is 1.23. The van der Waals surface area contributed by atoms with Crippen molar-refractivity contribution in [1.29, 1.82) is 0 Å². The van der Waals surface area contributed by atoms with Crippen LogP contribution < -0.4 is 4.72 Å². The third-order valence-corrected chi connectivity index (χ3v) is 6.12. The first-order valence-corrected chi connectivity index (χ1v) is 9.78. The summed E-state index contributed by atoms with van der Waals surface area (Å²) < 4.78 is 27.1. The molecule has 2 aromatic rings. The number of carbonyl (C=O) groups excluding carboxylic acids is 1. The Hall–Kier alpha value is -2.34. The van der Waals surface area contributed by atoms with Crippen LogP contribution in [0.5, 0.6) is 0 Å². The van der Waals surface area contributed by atoms with E-state index in [1.54, 1.807) is 42.5 Å². The Morgan fingerprint density at radius 3 is 2.24 bits per heavy atom. The molecule has 0 bridgehead atoms. The molecule has 0 aromatic heterocycles. The van der Waals surface area contributed by atoms with Crippen molar-refractivity contribution in [2.24, 2.45) is 5.41 Å². The van der Waals surface area contributed by atoms with Gasteiger partial charge >= 0.3 is 0 Å². The van der Waals surface area contributed by atoms with Gasteiger partial charge in [-0.15, -0.1) is 0 Å². The summed E-state index contributed by atoms with van der Waals surface area (Å²) in [4.78, 5) is 14.5. The lowest BCUT2D eigenvalue weighted by Crippen LogP contribution is -2.56. The molecule has 1 aliphatic heterocycles. The highest BCUT2D eigenvalue weighted by Crippen LogP contribution is 2.34. The van der Waals surface area contributed by atoms with Gasteiger partial charge in [0.25, 0.3) is 15.9 Å². The molecule has 1 heterocycles. The fourth-order valence-corrected chi connectivity index (χ4v) is 4.00. The highest BCUT2D eigenvalue weighted by Gasteiger charge is 2.39. The van der Waals surface area contributed by atoms with Crippen LogP contribution in [0.3, 0.4) is 0 Å². The van der Waals surface area contributed by atoms with E-state index in [0.717, 1.165) is 19.5 Å². The number of nitrogens with one attached hydrogen (secondary N) is 1. The molecule has 132 valence electrons. The second kappa shape index (κ2) is 6.52. The number of anilines is 1. The lowest BCUT2D eigenvalue weighted by molar-refractivity contribution is 0.0134. The number of hydrogen-bond acceptors (Lipinski definition) is 3. The zero-order valence-electron chi connectivity index (χ0n) is 14.4. The Kier molecular flexibility index (Phi) is 4.56. The maximum atomic E-state index is 12.4. The molecule has 0 aliphatic carbocycles. The zero-order chi connectivity index (χ0) is 18.1. The number of benzene rings is 2. The number of amides is 1. The molecule has 5 nitrogen and oxygen atoms in total. The van der Waals surface area contributed by atoms with E-state index in [0.29, 0.717) is 11.3 Å². The van der Waals surface area contributed by atoms with Crippen molar-refractivity contribution in [1.82, 2.24) is 4.90 Å². The molecular formula is C19H22N2O3S. The lowest BCUT2D eigenvalue weighted by atomic mass is 9.79. The Morgan fingerprint density at radius 1 is 1.08 bits per heavy atom. The van der Waals surface area contributed by atoms with E-state index in [-0.39, 0.29) is 16.2 Å². The highest BCUT2D eigenvalue weighted by molar-refractivity contribution is 7.92. The van der Waals surface area contributed by atoms with Gasteiger partial charge in [0.05, 0.1) is 4.90 Å². The van der Waals surface area contributed by atoms with Crippen molar-refractivity contribution in [2.75, 3.05) is 17.8 Å². The van der Waals surface area contributed by atoms with Gasteiger partial charge in [-0.1, -0.05) is 32.0 Å². The summed E-state index contributed by atoms with van der Waals surface area (Å²) in [5, 5.41) is 0. The van der Waals surface area contributed by atoms with Gasteiger partial charge in [0.15, 0.2) is 0 Å². The summed E-state index contributed by atoms with van der Waals surface area (Å²) in [6, 6.07) is 14.7. The zero-order valence-corrected chi connectivity index (χ0v) is 15.2. The Balaban J connectivity index is 1.68. The molecule has 0 atom stereocenters. The van der Waals surface area contributed by atoms with Crippen LogP contribution in [0.15, 0.2) is 59.5 Å². The largest absolute Gasteiger partial charge is 0.337 e. The molecule has 1 N–H and O–H groups in total. The number of rotatable bonds is 5. The molecule has 0 unspecified atom stereocenters. The topological polar surface area (TPSA) is 66.5 Å². The SMILES string of the molecule is CCC1(C)CN(C(=O)c2ccc(NS(=O)(=O)c3ccccc3)cc2)C1. The molecule has 0 saturated carbocycles. The van der Waals surface area contributed by atoms with Crippen LogP contribution >= 0.6 is 0 Å². The third-order valence-electron chi connectivity index (χ3n) is 4.72. The first kappa shape index (κ1) is 17.5. The standard InChI is InChI=1S/C19H22N2O3S/c1-3-19(2)13-21(14-19)18(22)15-9-11-16(12-10-15)20-25(23,24)17-7-5-4-6-8-17/h4-12,20H,3,13-14H2,1-2H3. The predicted octanol–water partition coefficient (Wildman–Crippen LogP) is 3.36. The predicted molar refractivity (Wildman–Crippen MR) is 98.0 cm³/mol. The van der Waals surface area contributed by atoms with Gasteiger partial charge in [0, 0.05) is 29.8 Å². The second-order valence-electron chi connectivity index (χ2n) is 6.82. The van der Waals surface area contributed by atoms with Gasteiger partial charge < -0.3 is 4.90 Å². The molecule has 1 aliphatic rings. The minimum Gasteiger partial charge on any atom is -0.337 e. The Morgan fingerprint density at radius 2 is 1.68 bits per heavy atom. The summed E-state index contributed by atoms with van der Waals surface area (Å²) in [7, 11) is -3.62. The van der Waals surface area contributed by atoms with E-state index in [9.17, 15) is 13.2 Å². The summed E-state index contributed by atoms with van der Waals surface area (Å²) in [6.45, 7) is 5.85. The maximum absolute atomic E-state index is 12.4. The Labute approximate surface area is 148 Å². The first-order valence-electron chi connectivity index (χ1n) is 8.30. The van der Waals surface area contributed by atoms with E-state index in [1.807, 2.05) is 4.90 Å². The number of hydrogen-bond donors (Lipinski definition) is 1. The minimum absolute atomic E-state index is 0.0107. The van der Waals surface area contributed by atoms with Gasteiger partial charge in [0.1, 0.15) is 0 Å². The van der Waals surface area contributed by atoms with Gasteiger partial charge in [-0.25, -0.2) is 8.42 Å². The van der Waals surface area contributed by atoms with Crippen LogP contribution in [0.25, 0.3) is 0 Å². The molecule has 6 heteroatoms. The monoisotopic (exact) mass is 358 g/mol. The van der Waals surface area contributed by atoms with Crippen molar-refractivity contribution in [2.45, 2.75) is 25.2 Å². The molecule has 0 radical (unpaired) electrons. The first-order chi connectivity index (χ1) is 11.8. The van der Waals surface area contributed by atoms with Crippen molar-refractivity contribution >= 4 is 21.6 Å². The quantitative estimate of drug-likeness (QED) is 0.891. The second-order valence-corrected chi connectivity index (χ2v) is 8.50. The van der Waals surface area contributed by atoms with Crippen molar-refractivity contribution in [3.8, 4) is 0 Å². The van der Waals surface area contributed by atoms with Crippen molar-refractivity contribution in [3.63, 3.8) is 0 Å².